The van der Waals surface area contributed by atoms with Crippen molar-refractivity contribution in [2.75, 3.05) is 0 Å². The van der Waals surface area contributed by atoms with Gasteiger partial charge in [0.2, 0.25) is 0 Å². The molecule has 1 amide bonds. The van der Waals surface area contributed by atoms with E-state index in [0.29, 0.717) is 17.2 Å². The number of amides is 1. The van der Waals surface area contributed by atoms with Gasteiger partial charge in [0.15, 0.2) is 0 Å². The van der Waals surface area contributed by atoms with Gasteiger partial charge in [-0.1, -0.05) is 32.9 Å². The molecule has 0 aromatic rings. The van der Waals surface area contributed by atoms with E-state index in [9.17, 15) is 9.59 Å². The number of nitrogens with one attached hydrogen (secondary N) is 1. The van der Waals surface area contributed by atoms with Gasteiger partial charge in [0.1, 0.15) is 0 Å². The molecule has 1 saturated heterocycles. The highest BCUT2D eigenvalue weighted by atomic mass is 16.2. The Morgan fingerprint density at radius 3 is 2.64 bits per heavy atom. The minimum Gasteiger partial charge on any atom is -0.319 e. The summed E-state index contributed by atoms with van der Waals surface area (Å²) >= 11 is 0. The molecule has 1 heterocycles. The van der Waals surface area contributed by atoms with Crippen LogP contribution in [0.1, 0.15) is 27.2 Å². The molecule has 0 radical (unpaired) electrons. The molecule has 0 bridgehead atoms. The Balaban J connectivity index is 0.000000461. The van der Waals surface area contributed by atoms with E-state index in [4.69, 9.17) is 0 Å². The van der Waals surface area contributed by atoms with Gasteiger partial charge in [0.05, 0.1) is 0 Å². The van der Waals surface area contributed by atoms with Crippen LogP contribution in [0.15, 0.2) is 23.4 Å². The van der Waals surface area contributed by atoms with E-state index in [1.165, 1.54) is 0 Å². The summed E-state index contributed by atoms with van der Waals surface area (Å²) in [7, 11) is 0. The third-order valence-electron chi connectivity index (χ3n) is 2.13. The summed E-state index contributed by atoms with van der Waals surface area (Å²) in [5, 5.41) is 2.53. The quantitative estimate of drug-likeness (QED) is 0.593. The molecular weight excluding hydrogens is 178 g/mol. The van der Waals surface area contributed by atoms with Crippen LogP contribution in [0.2, 0.25) is 0 Å². The van der Waals surface area contributed by atoms with Crippen LogP contribution in [0.25, 0.3) is 0 Å². The van der Waals surface area contributed by atoms with Crippen LogP contribution in [0.3, 0.4) is 0 Å². The van der Waals surface area contributed by atoms with Crippen molar-refractivity contribution in [2.24, 2.45) is 5.92 Å². The molecule has 2 aliphatic rings. The van der Waals surface area contributed by atoms with E-state index >= 15 is 0 Å². The Hall–Kier alpha value is -1.38. The second-order valence-electron chi connectivity index (χ2n) is 3.19. The predicted octanol–water partition coefficient (Wildman–Crippen LogP) is 1.56. The largest absolute Gasteiger partial charge is 0.319 e. The molecule has 1 aliphatic heterocycles. The summed E-state index contributed by atoms with van der Waals surface area (Å²) in [5.74, 6) is -0.533. The maximum absolute atomic E-state index is 11.2. The highest BCUT2D eigenvalue weighted by molar-refractivity contribution is 6.47. The number of ketones is 1. The standard InChI is InChI=1S/C9H9NO2.C2H6/c1-5-2-3-7-6(4-5)8(11)9(12)10-7;1-2/h3-5H,2H2,1H3,(H,10,12);1-2H3. The summed E-state index contributed by atoms with van der Waals surface area (Å²) in [6.45, 7) is 6.02. The second-order valence-corrected chi connectivity index (χ2v) is 3.19. The van der Waals surface area contributed by atoms with E-state index < -0.39 is 11.7 Å². The molecule has 2 rings (SSSR count). The van der Waals surface area contributed by atoms with Crippen molar-refractivity contribution in [3.05, 3.63) is 23.4 Å². The minimum atomic E-state index is -0.499. The van der Waals surface area contributed by atoms with Crippen LogP contribution in [0, 0.1) is 5.92 Å². The molecule has 1 N–H and O–H groups in total. The number of allylic oxidation sites excluding steroid dienone is 3. The first-order valence-corrected chi connectivity index (χ1v) is 4.96. The van der Waals surface area contributed by atoms with Crippen LogP contribution >= 0.6 is 0 Å². The van der Waals surface area contributed by atoms with Crippen LogP contribution < -0.4 is 5.32 Å². The average Bonchev–Trinajstić information content (AvgIpc) is 2.48. The molecule has 0 spiro atoms. The normalized spacial score (nSPS) is 24.1. The van der Waals surface area contributed by atoms with Gasteiger partial charge in [0, 0.05) is 11.3 Å². The minimum absolute atomic E-state index is 0.361. The Morgan fingerprint density at radius 2 is 2.00 bits per heavy atom. The molecule has 76 valence electrons. The Labute approximate surface area is 83.9 Å². The molecule has 0 saturated carbocycles. The summed E-state index contributed by atoms with van der Waals surface area (Å²) in [6, 6.07) is 0. The Morgan fingerprint density at radius 1 is 1.36 bits per heavy atom. The average molecular weight is 193 g/mol. The molecule has 14 heavy (non-hydrogen) atoms. The lowest BCUT2D eigenvalue weighted by atomic mass is 9.95. The summed E-state index contributed by atoms with van der Waals surface area (Å²) in [4.78, 5) is 22.1. The third-order valence-corrected chi connectivity index (χ3v) is 2.13. The number of fused-ring (bicyclic) bond motifs is 1. The Kier molecular flexibility index (Phi) is 3.23. The van der Waals surface area contributed by atoms with E-state index in [1.807, 2.05) is 32.9 Å². The van der Waals surface area contributed by atoms with Crippen molar-refractivity contribution in [3.8, 4) is 0 Å². The molecule has 1 atom stereocenters. The molecule has 1 unspecified atom stereocenters. The van der Waals surface area contributed by atoms with E-state index in [2.05, 4.69) is 5.32 Å². The van der Waals surface area contributed by atoms with Gasteiger partial charge in [-0.05, 0) is 12.3 Å². The maximum atomic E-state index is 11.2. The molecule has 0 aromatic carbocycles. The summed E-state index contributed by atoms with van der Waals surface area (Å²) < 4.78 is 0. The van der Waals surface area contributed by atoms with Crippen molar-refractivity contribution >= 4 is 11.7 Å². The van der Waals surface area contributed by atoms with Crippen molar-refractivity contribution < 1.29 is 9.59 Å². The number of rotatable bonds is 0. The molecule has 3 heteroatoms. The van der Waals surface area contributed by atoms with Gasteiger partial charge in [0.25, 0.3) is 11.7 Å². The number of carbonyl (C=O) groups is 2. The molecule has 1 fully saturated rings. The van der Waals surface area contributed by atoms with Crippen molar-refractivity contribution in [2.45, 2.75) is 27.2 Å². The SMILES string of the molecule is CC.CC1C=C2C(=O)C(=O)NC2=CC1. The van der Waals surface area contributed by atoms with E-state index in [1.54, 1.807) is 0 Å². The Bertz CT molecular complexity index is 326. The van der Waals surface area contributed by atoms with Gasteiger partial charge in [-0.3, -0.25) is 9.59 Å². The second kappa shape index (κ2) is 4.22. The fourth-order valence-electron chi connectivity index (χ4n) is 1.47. The zero-order chi connectivity index (χ0) is 10.7. The van der Waals surface area contributed by atoms with Gasteiger partial charge < -0.3 is 5.32 Å². The first-order chi connectivity index (χ1) is 6.68. The molecular formula is C11H15NO2. The summed E-state index contributed by atoms with van der Waals surface area (Å²) in [5.41, 5.74) is 1.25. The first-order valence-electron chi connectivity index (χ1n) is 4.96. The van der Waals surface area contributed by atoms with Crippen LogP contribution in [-0.4, -0.2) is 11.7 Å². The van der Waals surface area contributed by atoms with E-state index in [-0.39, 0.29) is 0 Å². The van der Waals surface area contributed by atoms with Crippen LogP contribution in [0.4, 0.5) is 0 Å². The molecule has 1 aliphatic carbocycles. The van der Waals surface area contributed by atoms with Crippen LogP contribution in [-0.2, 0) is 9.59 Å². The van der Waals surface area contributed by atoms with Crippen molar-refractivity contribution in [3.63, 3.8) is 0 Å². The van der Waals surface area contributed by atoms with Gasteiger partial charge in [-0.25, -0.2) is 0 Å². The zero-order valence-electron chi connectivity index (χ0n) is 8.76. The summed E-state index contributed by atoms with van der Waals surface area (Å²) in [6.07, 6.45) is 4.66. The van der Waals surface area contributed by atoms with Crippen molar-refractivity contribution in [1.29, 1.82) is 0 Å². The lowest BCUT2D eigenvalue weighted by Crippen LogP contribution is -2.17. The van der Waals surface area contributed by atoms with E-state index in [0.717, 1.165) is 6.42 Å². The number of carbonyl (C=O) groups excluding carboxylic acids is 2. The lowest BCUT2D eigenvalue weighted by Gasteiger charge is -2.10. The zero-order valence-corrected chi connectivity index (χ0v) is 8.76. The van der Waals surface area contributed by atoms with Gasteiger partial charge in [-0.15, -0.1) is 0 Å². The van der Waals surface area contributed by atoms with Crippen molar-refractivity contribution in [1.82, 2.24) is 5.32 Å². The topological polar surface area (TPSA) is 46.2 Å². The highest BCUT2D eigenvalue weighted by Crippen LogP contribution is 2.25. The monoisotopic (exact) mass is 193 g/mol. The first kappa shape index (κ1) is 10.7. The fourth-order valence-corrected chi connectivity index (χ4v) is 1.47. The maximum Gasteiger partial charge on any atom is 0.296 e. The molecule has 3 nitrogen and oxygen atoms in total. The smallest absolute Gasteiger partial charge is 0.296 e. The fraction of sp³-hybridized carbons (Fsp3) is 0.455. The predicted molar refractivity (Wildman–Crippen MR) is 54.4 cm³/mol. The number of hydrogen-bond donors (Lipinski definition) is 1. The third kappa shape index (κ3) is 1.76. The lowest BCUT2D eigenvalue weighted by molar-refractivity contribution is -0.133. The number of hydrogen-bond acceptors (Lipinski definition) is 2. The van der Waals surface area contributed by atoms with Gasteiger partial charge in [-0.2, -0.15) is 0 Å². The highest BCUT2D eigenvalue weighted by Gasteiger charge is 2.32. The number of Topliss-reactive ketones (excluding diaryl/α,β-unsaturated/α-hetero) is 1. The van der Waals surface area contributed by atoms with Gasteiger partial charge >= 0.3 is 0 Å². The molecule has 0 aromatic heterocycles. The van der Waals surface area contributed by atoms with Crippen LogP contribution in [0.5, 0.6) is 0 Å².